The van der Waals surface area contributed by atoms with Gasteiger partial charge in [-0.25, -0.2) is 10.8 Å². The summed E-state index contributed by atoms with van der Waals surface area (Å²) in [5, 5.41) is 3.22. The first-order chi connectivity index (χ1) is 7.77. The van der Waals surface area contributed by atoms with Crippen LogP contribution in [0.2, 0.25) is 0 Å². The van der Waals surface area contributed by atoms with Crippen LogP contribution in [0.5, 0.6) is 0 Å². The highest BCUT2D eigenvalue weighted by Gasteiger charge is 2.01. The minimum Gasteiger partial charge on any atom is -0.382 e. The molecule has 0 atom stereocenters. The van der Waals surface area contributed by atoms with Crippen LogP contribution in [0.4, 0.5) is 11.8 Å². The highest BCUT2D eigenvalue weighted by molar-refractivity contribution is 5.45. The van der Waals surface area contributed by atoms with Crippen LogP contribution in [0.15, 0.2) is 6.20 Å². The maximum Gasteiger partial charge on any atom is 0.239 e. The van der Waals surface area contributed by atoms with E-state index in [0.717, 1.165) is 37.6 Å². The predicted octanol–water partition coefficient (Wildman–Crippen LogP) is 0.909. The molecule has 1 aromatic rings. The Labute approximate surface area is 95.6 Å². The number of hydrogen-bond donors (Lipinski definition) is 3. The lowest BCUT2D eigenvalue weighted by Crippen LogP contribution is -2.13. The number of hydrogen-bond acceptors (Lipinski definition) is 6. The van der Waals surface area contributed by atoms with E-state index < -0.39 is 0 Å². The van der Waals surface area contributed by atoms with Crippen LogP contribution >= 0.6 is 0 Å². The summed E-state index contributed by atoms with van der Waals surface area (Å²) in [4.78, 5) is 8.21. The second-order valence-electron chi connectivity index (χ2n) is 3.35. The third kappa shape index (κ3) is 4.00. The molecule has 16 heavy (non-hydrogen) atoms. The SMILES string of the molecule is CCOCCCNc1nc(NN)ncc1C. The molecule has 0 aromatic carbocycles. The fraction of sp³-hybridized carbons (Fsp3) is 0.600. The number of aromatic nitrogens is 2. The lowest BCUT2D eigenvalue weighted by atomic mass is 10.3. The molecule has 0 aliphatic heterocycles. The Bertz CT molecular complexity index is 318. The molecule has 0 bridgehead atoms. The van der Waals surface area contributed by atoms with Crippen molar-refractivity contribution in [3.8, 4) is 0 Å². The topological polar surface area (TPSA) is 85.1 Å². The van der Waals surface area contributed by atoms with Gasteiger partial charge in [0.05, 0.1) is 0 Å². The van der Waals surface area contributed by atoms with Gasteiger partial charge in [-0.05, 0) is 20.3 Å². The Morgan fingerprint density at radius 3 is 3.00 bits per heavy atom. The van der Waals surface area contributed by atoms with E-state index >= 15 is 0 Å². The molecule has 0 aliphatic rings. The number of ether oxygens (including phenoxy) is 1. The van der Waals surface area contributed by atoms with Gasteiger partial charge in [0.15, 0.2) is 0 Å². The summed E-state index contributed by atoms with van der Waals surface area (Å²) >= 11 is 0. The van der Waals surface area contributed by atoms with Crippen molar-refractivity contribution in [3.05, 3.63) is 11.8 Å². The van der Waals surface area contributed by atoms with Crippen LogP contribution in [-0.4, -0.2) is 29.7 Å². The number of aryl methyl sites for hydroxylation is 1. The zero-order valence-electron chi connectivity index (χ0n) is 9.79. The molecule has 6 heteroatoms. The maximum absolute atomic E-state index is 5.24. The molecule has 0 unspecified atom stereocenters. The van der Waals surface area contributed by atoms with Crippen LogP contribution in [0.1, 0.15) is 18.9 Å². The third-order valence-corrected chi connectivity index (χ3v) is 2.06. The van der Waals surface area contributed by atoms with Crippen molar-refractivity contribution in [2.75, 3.05) is 30.5 Å². The minimum atomic E-state index is 0.415. The first kappa shape index (κ1) is 12.7. The first-order valence-corrected chi connectivity index (χ1v) is 5.39. The molecule has 0 aliphatic carbocycles. The van der Waals surface area contributed by atoms with Gasteiger partial charge in [-0.2, -0.15) is 4.98 Å². The Morgan fingerprint density at radius 2 is 2.31 bits per heavy atom. The quantitative estimate of drug-likeness (QED) is 0.363. The number of anilines is 2. The van der Waals surface area contributed by atoms with E-state index in [-0.39, 0.29) is 0 Å². The summed E-state index contributed by atoms with van der Waals surface area (Å²) in [5.41, 5.74) is 3.41. The average molecular weight is 225 g/mol. The van der Waals surface area contributed by atoms with Gasteiger partial charge in [-0.3, -0.25) is 5.43 Å². The van der Waals surface area contributed by atoms with Crippen molar-refractivity contribution >= 4 is 11.8 Å². The van der Waals surface area contributed by atoms with E-state index in [9.17, 15) is 0 Å². The van der Waals surface area contributed by atoms with Crippen molar-refractivity contribution in [3.63, 3.8) is 0 Å². The second-order valence-corrected chi connectivity index (χ2v) is 3.35. The number of hydrazine groups is 1. The van der Waals surface area contributed by atoms with Crippen molar-refractivity contribution in [2.24, 2.45) is 5.84 Å². The Balaban J connectivity index is 2.40. The summed E-state index contributed by atoms with van der Waals surface area (Å²) in [6, 6.07) is 0. The van der Waals surface area contributed by atoms with Gasteiger partial charge in [-0.1, -0.05) is 0 Å². The molecule has 0 saturated carbocycles. The monoisotopic (exact) mass is 225 g/mol. The maximum atomic E-state index is 5.24. The second kappa shape index (κ2) is 6.97. The summed E-state index contributed by atoms with van der Waals surface area (Å²) in [6.45, 7) is 6.28. The van der Waals surface area contributed by atoms with E-state index in [4.69, 9.17) is 10.6 Å². The van der Waals surface area contributed by atoms with Crippen molar-refractivity contribution in [2.45, 2.75) is 20.3 Å². The van der Waals surface area contributed by atoms with Gasteiger partial charge >= 0.3 is 0 Å². The van der Waals surface area contributed by atoms with Crippen molar-refractivity contribution in [1.82, 2.24) is 9.97 Å². The van der Waals surface area contributed by atoms with Crippen LogP contribution in [0, 0.1) is 6.92 Å². The smallest absolute Gasteiger partial charge is 0.239 e. The Kier molecular flexibility index (Phi) is 5.52. The number of nitrogens with two attached hydrogens (primary N) is 1. The van der Waals surface area contributed by atoms with Crippen LogP contribution in [0.25, 0.3) is 0 Å². The van der Waals surface area contributed by atoms with E-state index in [1.54, 1.807) is 6.20 Å². The molecular formula is C10H19N5O. The minimum absolute atomic E-state index is 0.415. The fourth-order valence-corrected chi connectivity index (χ4v) is 1.22. The van der Waals surface area contributed by atoms with Crippen molar-refractivity contribution in [1.29, 1.82) is 0 Å². The van der Waals surface area contributed by atoms with Crippen LogP contribution < -0.4 is 16.6 Å². The molecule has 6 nitrogen and oxygen atoms in total. The summed E-state index contributed by atoms with van der Waals surface area (Å²) in [7, 11) is 0. The van der Waals surface area contributed by atoms with E-state index in [1.165, 1.54) is 0 Å². The standard InChI is InChI=1S/C10H19N5O/c1-3-16-6-4-5-12-9-8(2)7-13-10(14-9)15-11/h7H,3-6,11H2,1-2H3,(H2,12,13,14,15). The van der Waals surface area contributed by atoms with Gasteiger partial charge < -0.3 is 10.1 Å². The molecule has 1 rings (SSSR count). The number of nitrogens with one attached hydrogen (secondary N) is 2. The highest BCUT2D eigenvalue weighted by Crippen LogP contribution is 2.11. The first-order valence-electron chi connectivity index (χ1n) is 5.39. The molecule has 4 N–H and O–H groups in total. The summed E-state index contributed by atoms with van der Waals surface area (Å²) in [5.74, 6) is 6.46. The Morgan fingerprint density at radius 1 is 1.50 bits per heavy atom. The number of nitrogens with zero attached hydrogens (tertiary/aromatic N) is 2. The normalized spacial score (nSPS) is 10.2. The molecule has 0 amide bonds. The molecule has 0 saturated heterocycles. The van der Waals surface area contributed by atoms with Crippen molar-refractivity contribution < 1.29 is 4.74 Å². The molecular weight excluding hydrogens is 206 g/mol. The fourth-order valence-electron chi connectivity index (χ4n) is 1.22. The van der Waals surface area contributed by atoms with Crippen LogP contribution in [-0.2, 0) is 4.74 Å². The molecule has 0 radical (unpaired) electrons. The molecule has 1 aromatic heterocycles. The Hall–Kier alpha value is -1.40. The largest absolute Gasteiger partial charge is 0.382 e. The van der Waals surface area contributed by atoms with E-state index in [1.807, 2.05) is 13.8 Å². The predicted molar refractivity (Wildman–Crippen MR) is 64.2 cm³/mol. The number of nitrogen functional groups attached to an aromatic ring is 1. The van der Waals surface area contributed by atoms with Gasteiger partial charge in [0.1, 0.15) is 5.82 Å². The lowest BCUT2D eigenvalue weighted by Gasteiger charge is -2.09. The van der Waals surface area contributed by atoms with Gasteiger partial charge in [0.25, 0.3) is 0 Å². The van der Waals surface area contributed by atoms with Gasteiger partial charge in [-0.15, -0.1) is 0 Å². The molecule has 0 fully saturated rings. The molecule has 90 valence electrons. The van der Waals surface area contributed by atoms with E-state index in [0.29, 0.717) is 5.95 Å². The molecule has 1 heterocycles. The van der Waals surface area contributed by atoms with E-state index in [2.05, 4.69) is 20.7 Å². The van der Waals surface area contributed by atoms with Crippen LogP contribution in [0.3, 0.4) is 0 Å². The van der Waals surface area contributed by atoms with Gasteiger partial charge in [0, 0.05) is 31.5 Å². The lowest BCUT2D eigenvalue weighted by molar-refractivity contribution is 0.147. The zero-order chi connectivity index (χ0) is 11.8. The average Bonchev–Trinajstić information content (AvgIpc) is 2.31. The summed E-state index contributed by atoms with van der Waals surface area (Å²) < 4.78 is 5.24. The highest BCUT2D eigenvalue weighted by atomic mass is 16.5. The summed E-state index contributed by atoms with van der Waals surface area (Å²) in [6.07, 6.45) is 2.68. The zero-order valence-corrected chi connectivity index (χ0v) is 9.79. The number of rotatable bonds is 7. The third-order valence-electron chi connectivity index (χ3n) is 2.06. The van der Waals surface area contributed by atoms with Gasteiger partial charge in [0.2, 0.25) is 5.95 Å². The molecule has 0 spiro atoms.